The van der Waals surface area contributed by atoms with Gasteiger partial charge in [0.2, 0.25) is 0 Å². The van der Waals surface area contributed by atoms with Crippen molar-refractivity contribution in [3.8, 4) is 6.07 Å². The van der Waals surface area contributed by atoms with Crippen molar-refractivity contribution in [2.24, 2.45) is 4.99 Å². The number of nitrogens with zero attached hydrogens (tertiary/aromatic N) is 2. The maximum absolute atomic E-state index is 10.6. The van der Waals surface area contributed by atoms with Crippen LogP contribution in [0, 0.1) is 11.3 Å². The Morgan fingerprint density at radius 1 is 1.15 bits per heavy atom. The monoisotopic (exact) mass is 346 g/mol. The molecule has 132 valence electrons. The second kappa shape index (κ2) is 9.95. The van der Waals surface area contributed by atoms with Gasteiger partial charge in [0, 0.05) is 11.6 Å². The quantitative estimate of drug-likeness (QED) is 0.407. The van der Waals surface area contributed by atoms with E-state index in [2.05, 4.69) is 24.1 Å². The van der Waals surface area contributed by atoms with Crippen LogP contribution in [-0.2, 0) is 11.2 Å². The third-order valence-corrected chi connectivity index (χ3v) is 3.98. The minimum absolute atomic E-state index is 0.394. The Morgan fingerprint density at radius 2 is 1.88 bits per heavy atom. The zero-order chi connectivity index (χ0) is 18.8. The number of hydrogen-bond acceptors (Lipinski definition) is 3. The summed E-state index contributed by atoms with van der Waals surface area (Å²) in [4.78, 5) is 15.0. The molecule has 0 saturated heterocycles. The fourth-order valence-electron chi connectivity index (χ4n) is 2.64. The molecular formula is C22H22N2O2. The van der Waals surface area contributed by atoms with Crippen LogP contribution in [0.25, 0.3) is 6.08 Å². The molecule has 0 aromatic heterocycles. The molecule has 0 aliphatic rings. The van der Waals surface area contributed by atoms with Gasteiger partial charge in [-0.15, -0.1) is 0 Å². The first-order valence-electron chi connectivity index (χ1n) is 8.72. The number of hydrogen-bond donors (Lipinski definition) is 1. The molecule has 26 heavy (non-hydrogen) atoms. The van der Waals surface area contributed by atoms with Crippen LogP contribution in [0.3, 0.4) is 0 Å². The highest BCUT2D eigenvalue weighted by Crippen LogP contribution is 2.19. The number of rotatable bonds is 8. The van der Waals surface area contributed by atoms with Gasteiger partial charge in [-0.3, -0.25) is 0 Å². The molecule has 0 heterocycles. The number of carbonyl (C=O) groups is 1. The Bertz CT molecular complexity index is 843. The summed E-state index contributed by atoms with van der Waals surface area (Å²) in [6.45, 7) is 2.17. The Balaban J connectivity index is 2.25. The molecule has 4 nitrogen and oxygen atoms in total. The zero-order valence-corrected chi connectivity index (χ0v) is 14.9. The Morgan fingerprint density at radius 3 is 2.54 bits per heavy atom. The molecule has 0 atom stereocenters. The summed E-state index contributed by atoms with van der Waals surface area (Å²) in [6, 6.07) is 17.2. The predicted octanol–water partition coefficient (Wildman–Crippen LogP) is 5.16. The summed E-state index contributed by atoms with van der Waals surface area (Å²) < 4.78 is 0. The van der Waals surface area contributed by atoms with Gasteiger partial charge >= 0.3 is 5.97 Å². The Labute approximate surface area is 154 Å². The van der Waals surface area contributed by atoms with Crippen molar-refractivity contribution in [2.45, 2.75) is 32.6 Å². The number of aliphatic imine (C=N–C) groups is 1. The molecule has 0 aliphatic carbocycles. The first-order valence-corrected chi connectivity index (χ1v) is 8.72. The smallest absolute Gasteiger partial charge is 0.328 e. The molecule has 0 amide bonds. The van der Waals surface area contributed by atoms with E-state index in [-0.39, 0.29) is 0 Å². The molecule has 0 radical (unpaired) electrons. The lowest BCUT2D eigenvalue weighted by atomic mass is 9.98. The van der Waals surface area contributed by atoms with Crippen molar-refractivity contribution in [3.63, 3.8) is 0 Å². The molecule has 0 aliphatic heterocycles. The highest BCUT2D eigenvalue weighted by molar-refractivity contribution is 6.13. The highest BCUT2D eigenvalue weighted by Gasteiger charge is 2.08. The second-order valence-electron chi connectivity index (χ2n) is 5.95. The minimum atomic E-state index is -0.987. The van der Waals surface area contributed by atoms with E-state index in [9.17, 15) is 10.1 Å². The molecular weight excluding hydrogens is 324 g/mol. The van der Waals surface area contributed by atoms with Crippen LogP contribution in [0.5, 0.6) is 0 Å². The van der Waals surface area contributed by atoms with Crippen molar-refractivity contribution < 1.29 is 9.90 Å². The van der Waals surface area contributed by atoms with Crippen LogP contribution < -0.4 is 0 Å². The van der Waals surface area contributed by atoms with Gasteiger partial charge in [-0.25, -0.2) is 9.79 Å². The maximum atomic E-state index is 10.6. The molecule has 1 N–H and O–H groups in total. The Kier molecular flexibility index (Phi) is 7.32. The molecule has 0 spiro atoms. The van der Waals surface area contributed by atoms with Gasteiger partial charge in [0.1, 0.15) is 11.8 Å². The molecule has 0 unspecified atom stereocenters. The van der Waals surface area contributed by atoms with Crippen LogP contribution in [-0.4, -0.2) is 16.8 Å². The number of benzene rings is 2. The lowest BCUT2D eigenvalue weighted by molar-refractivity contribution is -0.131. The number of aliphatic carboxylic acids is 1. The number of aryl methyl sites for hydroxylation is 1. The fraction of sp³-hybridized carbons (Fsp3) is 0.227. The van der Waals surface area contributed by atoms with E-state index >= 15 is 0 Å². The third-order valence-electron chi connectivity index (χ3n) is 3.98. The van der Waals surface area contributed by atoms with Gasteiger partial charge in [0.15, 0.2) is 0 Å². The normalized spacial score (nSPS) is 11.5. The molecule has 2 aromatic carbocycles. The summed E-state index contributed by atoms with van der Waals surface area (Å²) in [7, 11) is 0. The summed E-state index contributed by atoms with van der Waals surface area (Å²) in [5.41, 5.74) is 3.84. The molecule has 0 fully saturated rings. The van der Waals surface area contributed by atoms with E-state index in [1.165, 1.54) is 12.5 Å². The highest BCUT2D eigenvalue weighted by atomic mass is 16.4. The van der Waals surface area contributed by atoms with Crippen molar-refractivity contribution in [1.29, 1.82) is 5.26 Å². The third kappa shape index (κ3) is 5.71. The standard InChI is InChI=1S/C22H22N2O2/c1-2-3-4-7-18-8-5-6-9-20(18)21(16-23)24-19-13-10-17(11-14-19)12-15-22(25)26/h5-6,8-15H,2-4,7H2,1H3,(H,25,26). The molecule has 2 rings (SSSR count). The Hall–Kier alpha value is -3.19. The van der Waals surface area contributed by atoms with Crippen molar-refractivity contribution in [1.82, 2.24) is 0 Å². The average molecular weight is 346 g/mol. The van der Waals surface area contributed by atoms with E-state index in [0.717, 1.165) is 42.0 Å². The van der Waals surface area contributed by atoms with E-state index in [1.807, 2.05) is 18.2 Å². The largest absolute Gasteiger partial charge is 0.478 e. The number of unbranched alkanes of at least 4 members (excludes halogenated alkanes) is 2. The molecule has 0 saturated carbocycles. The van der Waals surface area contributed by atoms with Crippen LogP contribution in [0.2, 0.25) is 0 Å². The summed E-state index contributed by atoms with van der Waals surface area (Å²) in [5, 5.41) is 18.2. The second-order valence-corrected chi connectivity index (χ2v) is 5.95. The molecule has 2 aromatic rings. The van der Waals surface area contributed by atoms with Crippen LogP contribution in [0.4, 0.5) is 5.69 Å². The number of carboxylic acids is 1. The fourth-order valence-corrected chi connectivity index (χ4v) is 2.64. The first-order chi connectivity index (χ1) is 12.6. The van der Waals surface area contributed by atoms with Gasteiger partial charge in [0.05, 0.1) is 5.69 Å². The average Bonchev–Trinajstić information content (AvgIpc) is 2.66. The molecule has 0 bridgehead atoms. The van der Waals surface area contributed by atoms with Crippen molar-refractivity contribution in [2.75, 3.05) is 0 Å². The first kappa shape index (κ1) is 19.1. The number of carboxylic acid groups (broad SMARTS) is 1. The van der Waals surface area contributed by atoms with Gasteiger partial charge in [0.25, 0.3) is 0 Å². The number of nitriles is 1. The van der Waals surface area contributed by atoms with Crippen LogP contribution in [0.15, 0.2) is 59.6 Å². The van der Waals surface area contributed by atoms with E-state index in [1.54, 1.807) is 24.3 Å². The maximum Gasteiger partial charge on any atom is 0.328 e. The minimum Gasteiger partial charge on any atom is -0.478 e. The van der Waals surface area contributed by atoms with Gasteiger partial charge in [-0.1, -0.05) is 56.2 Å². The SMILES string of the molecule is CCCCCc1ccccc1C(C#N)=Nc1ccc(C=CC(=O)O)cc1. The summed E-state index contributed by atoms with van der Waals surface area (Å²) >= 11 is 0. The topological polar surface area (TPSA) is 73.5 Å². The predicted molar refractivity (Wildman–Crippen MR) is 105 cm³/mol. The zero-order valence-electron chi connectivity index (χ0n) is 14.9. The summed E-state index contributed by atoms with van der Waals surface area (Å²) in [5.74, 6) is -0.987. The van der Waals surface area contributed by atoms with Gasteiger partial charge in [-0.05, 0) is 42.2 Å². The van der Waals surface area contributed by atoms with E-state index < -0.39 is 5.97 Å². The molecule has 4 heteroatoms. The lowest BCUT2D eigenvalue weighted by Crippen LogP contribution is -2.02. The van der Waals surface area contributed by atoms with Gasteiger partial charge < -0.3 is 5.11 Å². The van der Waals surface area contributed by atoms with Crippen molar-refractivity contribution in [3.05, 3.63) is 71.3 Å². The lowest BCUT2D eigenvalue weighted by Gasteiger charge is -2.08. The van der Waals surface area contributed by atoms with E-state index in [0.29, 0.717) is 11.4 Å². The van der Waals surface area contributed by atoms with Crippen LogP contribution >= 0.6 is 0 Å². The van der Waals surface area contributed by atoms with Gasteiger partial charge in [-0.2, -0.15) is 5.26 Å². The summed E-state index contributed by atoms with van der Waals surface area (Å²) in [6.07, 6.45) is 6.96. The van der Waals surface area contributed by atoms with E-state index in [4.69, 9.17) is 5.11 Å². The van der Waals surface area contributed by atoms with Crippen LogP contribution in [0.1, 0.15) is 42.9 Å². The van der Waals surface area contributed by atoms with Crippen molar-refractivity contribution >= 4 is 23.4 Å².